The predicted molar refractivity (Wildman–Crippen MR) is 97.9 cm³/mol. The number of benzene rings is 2. The lowest BCUT2D eigenvalue weighted by Crippen LogP contribution is -2.14. The Morgan fingerprint density at radius 2 is 1.84 bits per heavy atom. The molecule has 2 aromatic carbocycles. The third-order valence-electron chi connectivity index (χ3n) is 3.82. The molecule has 0 bridgehead atoms. The number of nitrogens with one attached hydrogen (secondary N) is 1. The zero-order chi connectivity index (χ0) is 18.4. The van der Waals surface area contributed by atoms with Crippen molar-refractivity contribution >= 4 is 17.7 Å². The quantitative estimate of drug-likeness (QED) is 0.592. The van der Waals surface area contributed by atoms with Crippen LogP contribution in [-0.2, 0) is 6.54 Å². The molecule has 0 radical (unpaired) electrons. The number of aliphatic imine (C=N–C) groups is 1. The van der Waals surface area contributed by atoms with Gasteiger partial charge in [0.05, 0.1) is 24.8 Å². The maximum absolute atomic E-state index is 13.3. The first-order valence-electron chi connectivity index (χ1n) is 8.04. The van der Waals surface area contributed by atoms with Crippen LogP contribution >= 0.6 is 0 Å². The number of rotatable bonds is 7. The van der Waals surface area contributed by atoms with Gasteiger partial charge in [0, 0.05) is 32.3 Å². The number of nitrogens with zero attached hydrogens (tertiary/aromatic N) is 2. The normalized spacial score (nSPS) is 11.0. The Hall–Kier alpha value is -2.63. The second-order valence-corrected chi connectivity index (χ2v) is 5.79. The topological polar surface area (TPSA) is 36.9 Å². The van der Waals surface area contributed by atoms with Gasteiger partial charge in [-0.25, -0.2) is 13.8 Å². The van der Waals surface area contributed by atoms with Gasteiger partial charge >= 0.3 is 0 Å². The Bertz CT molecular complexity index is 742. The van der Waals surface area contributed by atoms with Crippen LogP contribution in [0.25, 0.3) is 0 Å². The monoisotopic (exact) mass is 347 g/mol. The van der Waals surface area contributed by atoms with Crippen LogP contribution in [0.5, 0.6) is 5.75 Å². The molecule has 0 aliphatic rings. The van der Waals surface area contributed by atoms with Crippen LogP contribution in [0.1, 0.15) is 18.1 Å². The van der Waals surface area contributed by atoms with Crippen molar-refractivity contribution in [2.45, 2.75) is 20.4 Å². The first-order chi connectivity index (χ1) is 11.9. The molecule has 2 aromatic rings. The van der Waals surface area contributed by atoms with E-state index in [9.17, 15) is 8.78 Å². The van der Waals surface area contributed by atoms with Crippen LogP contribution in [0, 0.1) is 18.6 Å². The molecule has 1 N–H and O–H groups in total. The molecule has 25 heavy (non-hydrogen) atoms. The first kappa shape index (κ1) is 18.7. The van der Waals surface area contributed by atoms with Crippen molar-refractivity contribution in [2.75, 3.05) is 26.0 Å². The number of anilines is 1. The summed E-state index contributed by atoms with van der Waals surface area (Å²) in [6, 6.07) is 7.20. The summed E-state index contributed by atoms with van der Waals surface area (Å²) in [6.07, 6.45) is 1.77. The molecule has 2 rings (SSSR count). The van der Waals surface area contributed by atoms with Gasteiger partial charge in [0.15, 0.2) is 0 Å². The van der Waals surface area contributed by atoms with E-state index in [0.717, 1.165) is 29.5 Å². The highest BCUT2D eigenvalue weighted by molar-refractivity contribution is 5.70. The Labute approximate surface area is 147 Å². The minimum absolute atomic E-state index is 0.283. The molecule has 6 heteroatoms. The van der Waals surface area contributed by atoms with Crippen molar-refractivity contribution in [3.8, 4) is 5.75 Å². The summed E-state index contributed by atoms with van der Waals surface area (Å²) < 4.78 is 32.0. The summed E-state index contributed by atoms with van der Waals surface area (Å²) in [7, 11) is 3.52. The average molecular weight is 347 g/mol. The van der Waals surface area contributed by atoms with E-state index in [1.54, 1.807) is 13.4 Å². The molecule has 0 saturated carbocycles. The largest absolute Gasteiger partial charge is 0.495 e. The molecule has 0 aromatic heterocycles. The Morgan fingerprint density at radius 3 is 2.44 bits per heavy atom. The highest BCUT2D eigenvalue weighted by Gasteiger charge is 2.08. The maximum Gasteiger partial charge on any atom is 0.144 e. The van der Waals surface area contributed by atoms with Gasteiger partial charge in [-0.05, 0) is 43.2 Å². The maximum atomic E-state index is 13.3. The second kappa shape index (κ2) is 8.46. The highest BCUT2D eigenvalue weighted by atomic mass is 19.1. The number of ether oxygens (including phenoxy) is 1. The third kappa shape index (κ3) is 5.17. The van der Waals surface area contributed by atoms with Crippen LogP contribution in [0.3, 0.4) is 0 Å². The summed E-state index contributed by atoms with van der Waals surface area (Å²) in [6.45, 7) is 5.14. The molecule has 0 aliphatic carbocycles. The SMILES string of the molecule is CCN(C)C=Nc1cc(OC)c(NCc2cc(F)cc(F)c2)cc1C. The summed E-state index contributed by atoms with van der Waals surface area (Å²) in [5, 5.41) is 3.16. The van der Waals surface area contributed by atoms with Crippen LogP contribution in [0.15, 0.2) is 35.3 Å². The molecular formula is C19H23F2N3O. The van der Waals surface area contributed by atoms with Crippen molar-refractivity contribution in [1.82, 2.24) is 4.90 Å². The summed E-state index contributed by atoms with van der Waals surface area (Å²) in [4.78, 5) is 6.43. The van der Waals surface area contributed by atoms with E-state index in [1.807, 2.05) is 37.9 Å². The standard InChI is InChI=1S/C19H23F2N3O/c1-5-24(3)12-23-17-10-19(25-4)18(6-13(17)2)22-11-14-7-15(20)9-16(21)8-14/h6-10,12,22H,5,11H2,1-4H3. The number of methoxy groups -OCH3 is 1. The molecule has 0 amide bonds. The summed E-state index contributed by atoms with van der Waals surface area (Å²) in [5.41, 5.74) is 3.03. The molecule has 4 nitrogen and oxygen atoms in total. The molecule has 0 spiro atoms. The fourth-order valence-electron chi connectivity index (χ4n) is 2.28. The number of aryl methyl sites for hydroxylation is 1. The third-order valence-corrected chi connectivity index (χ3v) is 3.82. The fourth-order valence-corrected chi connectivity index (χ4v) is 2.28. The number of halogens is 2. The molecule has 0 unspecified atom stereocenters. The minimum atomic E-state index is -0.593. The van der Waals surface area contributed by atoms with Gasteiger partial charge in [-0.3, -0.25) is 0 Å². The lowest BCUT2D eigenvalue weighted by molar-refractivity contribution is 0.416. The van der Waals surface area contributed by atoms with E-state index >= 15 is 0 Å². The Morgan fingerprint density at radius 1 is 1.16 bits per heavy atom. The van der Waals surface area contributed by atoms with Gasteiger partial charge < -0.3 is 15.0 Å². The Balaban J connectivity index is 2.20. The molecule has 0 saturated heterocycles. The van der Waals surface area contributed by atoms with E-state index in [2.05, 4.69) is 10.3 Å². The van der Waals surface area contributed by atoms with Crippen molar-refractivity contribution < 1.29 is 13.5 Å². The van der Waals surface area contributed by atoms with Crippen molar-refractivity contribution in [1.29, 1.82) is 0 Å². The van der Waals surface area contributed by atoms with Crippen LogP contribution in [0.4, 0.5) is 20.2 Å². The zero-order valence-corrected chi connectivity index (χ0v) is 14.9. The second-order valence-electron chi connectivity index (χ2n) is 5.79. The minimum Gasteiger partial charge on any atom is -0.495 e. The molecule has 0 fully saturated rings. The van der Waals surface area contributed by atoms with Crippen LogP contribution in [0.2, 0.25) is 0 Å². The van der Waals surface area contributed by atoms with E-state index in [1.165, 1.54) is 12.1 Å². The van der Waals surface area contributed by atoms with Gasteiger partial charge in [0.25, 0.3) is 0 Å². The van der Waals surface area contributed by atoms with E-state index in [4.69, 9.17) is 4.74 Å². The van der Waals surface area contributed by atoms with Crippen molar-refractivity contribution in [3.63, 3.8) is 0 Å². The van der Waals surface area contributed by atoms with E-state index in [0.29, 0.717) is 11.3 Å². The van der Waals surface area contributed by atoms with Crippen LogP contribution in [-0.4, -0.2) is 31.9 Å². The number of hydrogen-bond acceptors (Lipinski definition) is 3. The van der Waals surface area contributed by atoms with Gasteiger partial charge in [-0.15, -0.1) is 0 Å². The first-order valence-corrected chi connectivity index (χ1v) is 8.04. The van der Waals surface area contributed by atoms with Crippen LogP contribution < -0.4 is 10.1 Å². The number of hydrogen-bond donors (Lipinski definition) is 1. The van der Waals surface area contributed by atoms with Crippen molar-refractivity contribution in [2.24, 2.45) is 4.99 Å². The van der Waals surface area contributed by atoms with Gasteiger partial charge in [0.1, 0.15) is 17.4 Å². The fraction of sp³-hybridized carbons (Fsp3) is 0.316. The molecule has 134 valence electrons. The Kier molecular flexibility index (Phi) is 6.33. The smallest absolute Gasteiger partial charge is 0.144 e. The van der Waals surface area contributed by atoms with E-state index in [-0.39, 0.29) is 6.54 Å². The average Bonchev–Trinajstić information content (AvgIpc) is 2.57. The molecule has 0 atom stereocenters. The predicted octanol–water partition coefficient (Wildman–Crippen LogP) is 4.51. The van der Waals surface area contributed by atoms with Gasteiger partial charge in [-0.1, -0.05) is 0 Å². The zero-order valence-electron chi connectivity index (χ0n) is 14.9. The van der Waals surface area contributed by atoms with Crippen molar-refractivity contribution in [3.05, 3.63) is 53.1 Å². The molecule has 0 heterocycles. The lowest BCUT2D eigenvalue weighted by atomic mass is 10.1. The van der Waals surface area contributed by atoms with E-state index < -0.39 is 11.6 Å². The van der Waals surface area contributed by atoms with Gasteiger partial charge in [0.2, 0.25) is 0 Å². The van der Waals surface area contributed by atoms with Gasteiger partial charge in [-0.2, -0.15) is 0 Å². The molecule has 0 aliphatic heterocycles. The highest BCUT2D eigenvalue weighted by Crippen LogP contribution is 2.33. The lowest BCUT2D eigenvalue weighted by Gasteiger charge is -2.14. The molecular weight excluding hydrogens is 324 g/mol. The summed E-state index contributed by atoms with van der Waals surface area (Å²) in [5.74, 6) is -0.567. The summed E-state index contributed by atoms with van der Waals surface area (Å²) >= 11 is 0.